The van der Waals surface area contributed by atoms with E-state index in [0.29, 0.717) is 31.6 Å². The monoisotopic (exact) mass is 674 g/mol. The number of hydrogen-bond acceptors (Lipinski definition) is 5. The van der Waals surface area contributed by atoms with Gasteiger partial charge in [-0.1, -0.05) is 41.9 Å². The van der Waals surface area contributed by atoms with Crippen molar-refractivity contribution in [1.82, 2.24) is 24.5 Å². The molecule has 0 aliphatic carbocycles. The number of rotatable bonds is 10. The van der Waals surface area contributed by atoms with Gasteiger partial charge in [0.25, 0.3) is 0 Å². The SMILES string of the molecule is Cc1cc(CC(CCN2CCC(N3Cc4ccccc4NC3=O)CC2)CN2CCC(N3CCN(CC(F)(F)F)CC3)CC2)ccc1Cl. The quantitative estimate of drug-likeness (QED) is 0.318. The molecule has 11 heteroatoms. The van der Waals surface area contributed by atoms with E-state index in [1.165, 1.54) is 11.1 Å². The highest BCUT2D eigenvalue weighted by atomic mass is 35.5. The van der Waals surface area contributed by atoms with Gasteiger partial charge in [-0.3, -0.25) is 9.80 Å². The molecule has 4 heterocycles. The number of halogens is 4. The third-order valence-electron chi connectivity index (χ3n) is 10.9. The molecule has 2 amide bonds. The number of hydrogen-bond donors (Lipinski definition) is 1. The van der Waals surface area contributed by atoms with E-state index in [1.807, 2.05) is 29.2 Å². The predicted octanol–water partition coefficient (Wildman–Crippen LogP) is 6.35. The van der Waals surface area contributed by atoms with Crippen LogP contribution < -0.4 is 5.32 Å². The number of piperazine rings is 1. The van der Waals surface area contributed by atoms with Gasteiger partial charge in [-0.05, 0) is 99.8 Å². The number of piperidine rings is 2. The standard InChI is InChI=1S/C36H50ClF3N6O/c1-27-22-28(6-7-33(27)37)23-29(24-43-16-9-31(10-17-43)45-20-18-44(19-21-45)26-36(38,39)40)8-13-42-14-11-32(12-15-42)46-25-30-4-2-3-5-34(30)41-35(46)47/h2-7,22,29,31-32H,8-21,23-26H2,1H3,(H,41,47). The van der Waals surface area contributed by atoms with E-state index in [9.17, 15) is 18.0 Å². The van der Waals surface area contributed by atoms with E-state index in [2.05, 4.69) is 45.1 Å². The summed E-state index contributed by atoms with van der Waals surface area (Å²) in [6.07, 6.45) is 2.16. The maximum atomic E-state index is 12.9. The summed E-state index contributed by atoms with van der Waals surface area (Å²) in [5, 5.41) is 3.88. The van der Waals surface area contributed by atoms with Crippen LogP contribution in [-0.4, -0.2) is 121 Å². The number of carbonyl (C=O) groups excluding carboxylic acids is 1. The normalized spacial score (nSPS) is 22.3. The van der Waals surface area contributed by atoms with Crippen LogP contribution in [0.25, 0.3) is 0 Å². The molecule has 2 aromatic rings. The Hall–Kier alpha value is -2.37. The zero-order valence-corrected chi connectivity index (χ0v) is 28.4. The maximum Gasteiger partial charge on any atom is 0.401 e. The van der Waals surface area contributed by atoms with Crippen LogP contribution in [0, 0.1) is 12.8 Å². The highest BCUT2D eigenvalue weighted by Crippen LogP contribution is 2.29. The number of amides is 2. The summed E-state index contributed by atoms with van der Waals surface area (Å²) in [7, 11) is 0. The van der Waals surface area contributed by atoms with Crippen molar-refractivity contribution in [3.63, 3.8) is 0 Å². The van der Waals surface area contributed by atoms with Crippen molar-refractivity contribution in [3.8, 4) is 0 Å². The summed E-state index contributed by atoms with van der Waals surface area (Å²) in [5.74, 6) is 0.514. The molecule has 2 aromatic carbocycles. The fraction of sp³-hybridized carbons (Fsp3) is 0.639. The zero-order chi connectivity index (χ0) is 33.0. The summed E-state index contributed by atoms with van der Waals surface area (Å²) in [6, 6.07) is 15.2. The number of benzene rings is 2. The highest BCUT2D eigenvalue weighted by molar-refractivity contribution is 6.31. The summed E-state index contributed by atoms with van der Waals surface area (Å²) in [6.45, 7) is 10.6. The lowest BCUT2D eigenvalue weighted by Crippen LogP contribution is -2.54. The first-order chi connectivity index (χ1) is 22.6. The van der Waals surface area contributed by atoms with Gasteiger partial charge in [0, 0.05) is 75.2 Å². The van der Waals surface area contributed by atoms with E-state index in [-0.39, 0.29) is 12.1 Å². The van der Waals surface area contributed by atoms with Gasteiger partial charge in [0.1, 0.15) is 0 Å². The molecule has 4 aliphatic rings. The lowest BCUT2D eigenvalue weighted by molar-refractivity contribution is -0.150. The van der Waals surface area contributed by atoms with Gasteiger partial charge in [-0.2, -0.15) is 13.2 Å². The number of nitrogens with zero attached hydrogens (tertiary/aromatic N) is 5. The average molecular weight is 675 g/mol. The number of alkyl halides is 3. The Morgan fingerprint density at radius 2 is 1.55 bits per heavy atom. The van der Waals surface area contributed by atoms with E-state index in [4.69, 9.17) is 11.6 Å². The Morgan fingerprint density at radius 1 is 0.872 bits per heavy atom. The molecule has 0 aromatic heterocycles. The molecule has 0 saturated carbocycles. The van der Waals surface area contributed by atoms with Crippen molar-refractivity contribution in [1.29, 1.82) is 0 Å². The largest absolute Gasteiger partial charge is 0.401 e. The van der Waals surface area contributed by atoms with Crippen molar-refractivity contribution in [3.05, 3.63) is 64.2 Å². The molecule has 1 unspecified atom stereocenters. The number of para-hydroxylation sites is 1. The Bertz CT molecular complexity index is 1340. The average Bonchev–Trinajstić information content (AvgIpc) is 3.05. The molecule has 3 saturated heterocycles. The Kier molecular flexibility index (Phi) is 11.3. The first-order valence-electron chi connectivity index (χ1n) is 17.5. The van der Waals surface area contributed by atoms with Gasteiger partial charge < -0.3 is 20.0 Å². The molecule has 6 rings (SSSR count). The lowest BCUT2D eigenvalue weighted by Gasteiger charge is -2.43. The first kappa shape index (κ1) is 34.5. The van der Waals surface area contributed by atoms with E-state index in [1.54, 1.807) is 4.90 Å². The van der Waals surface area contributed by atoms with Crippen LogP contribution >= 0.6 is 11.6 Å². The van der Waals surface area contributed by atoms with Gasteiger partial charge in [-0.25, -0.2) is 4.79 Å². The molecule has 1 N–H and O–H groups in total. The molecule has 1 atom stereocenters. The Labute approximate surface area is 283 Å². The second-order valence-corrected chi connectivity index (χ2v) is 14.6. The fourth-order valence-electron chi connectivity index (χ4n) is 8.13. The van der Waals surface area contributed by atoms with Crippen molar-refractivity contribution >= 4 is 23.3 Å². The third kappa shape index (κ3) is 9.41. The van der Waals surface area contributed by atoms with Gasteiger partial charge in [-0.15, -0.1) is 0 Å². The van der Waals surface area contributed by atoms with E-state index < -0.39 is 12.7 Å². The van der Waals surface area contributed by atoms with Crippen LogP contribution in [0.5, 0.6) is 0 Å². The second-order valence-electron chi connectivity index (χ2n) is 14.2. The molecular weight excluding hydrogens is 625 g/mol. The van der Waals surface area contributed by atoms with Gasteiger partial charge in [0.2, 0.25) is 0 Å². The maximum absolute atomic E-state index is 12.9. The number of urea groups is 1. The topological polar surface area (TPSA) is 45.3 Å². The minimum absolute atomic E-state index is 0.0213. The van der Waals surface area contributed by atoms with Crippen molar-refractivity contribution in [2.75, 3.05) is 77.3 Å². The third-order valence-corrected chi connectivity index (χ3v) is 11.3. The molecule has 258 valence electrons. The molecule has 4 aliphatic heterocycles. The van der Waals surface area contributed by atoms with E-state index >= 15 is 0 Å². The van der Waals surface area contributed by atoms with Gasteiger partial charge in [0.05, 0.1) is 6.54 Å². The fourth-order valence-corrected chi connectivity index (χ4v) is 8.25. The zero-order valence-electron chi connectivity index (χ0n) is 27.7. The smallest absolute Gasteiger partial charge is 0.317 e. The summed E-state index contributed by atoms with van der Waals surface area (Å²) >= 11 is 6.35. The van der Waals surface area contributed by atoms with Gasteiger partial charge in [0.15, 0.2) is 0 Å². The van der Waals surface area contributed by atoms with Crippen molar-refractivity contribution < 1.29 is 18.0 Å². The van der Waals surface area contributed by atoms with Crippen LogP contribution in [0.4, 0.5) is 23.7 Å². The van der Waals surface area contributed by atoms with Crippen LogP contribution in [0.3, 0.4) is 0 Å². The molecule has 0 spiro atoms. The minimum Gasteiger partial charge on any atom is -0.317 e. The molecule has 3 fully saturated rings. The predicted molar refractivity (Wildman–Crippen MR) is 182 cm³/mol. The summed E-state index contributed by atoms with van der Waals surface area (Å²) < 4.78 is 38.5. The van der Waals surface area contributed by atoms with Gasteiger partial charge >= 0.3 is 12.2 Å². The number of anilines is 1. The van der Waals surface area contributed by atoms with Crippen molar-refractivity contribution in [2.24, 2.45) is 5.92 Å². The molecule has 0 bridgehead atoms. The molecule has 47 heavy (non-hydrogen) atoms. The van der Waals surface area contributed by atoms with Crippen molar-refractivity contribution in [2.45, 2.75) is 70.3 Å². The number of carbonyl (C=O) groups is 1. The van der Waals surface area contributed by atoms with Crippen LogP contribution in [-0.2, 0) is 13.0 Å². The summed E-state index contributed by atoms with van der Waals surface area (Å²) in [5.41, 5.74) is 4.56. The van der Waals surface area contributed by atoms with Crippen LogP contribution in [0.1, 0.15) is 48.8 Å². The number of aryl methyl sites for hydroxylation is 1. The minimum atomic E-state index is -4.12. The second kappa shape index (κ2) is 15.5. The molecule has 0 radical (unpaired) electrons. The molecule has 7 nitrogen and oxygen atoms in total. The Balaban J connectivity index is 0.988. The van der Waals surface area contributed by atoms with E-state index in [0.717, 1.165) is 107 Å². The van der Waals surface area contributed by atoms with Crippen LogP contribution in [0.2, 0.25) is 5.02 Å². The summed E-state index contributed by atoms with van der Waals surface area (Å²) in [4.78, 5) is 24.1. The highest BCUT2D eigenvalue weighted by Gasteiger charge is 2.35. The van der Waals surface area contributed by atoms with Crippen LogP contribution in [0.15, 0.2) is 42.5 Å². The Morgan fingerprint density at radius 3 is 2.26 bits per heavy atom. The lowest BCUT2D eigenvalue weighted by atomic mass is 9.92. The number of fused-ring (bicyclic) bond motifs is 1. The number of likely N-dealkylation sites (tertiary alicyclic amines) is 2. The number of nitrogens with one attached hydrogen (secondary N) is 1. The first-order valence-corrected chi connectivity index (χ1v) is 17.9. The molecular formula is C36H50ClF3N6O.